The maximum absolute atomic E-state index is 12.5. The molecular weight excluding hydrogens is 300 g/mol. The summed E-state index contributed by atoms with van der Waals surface area (Å²) in [6.45, 7) is 2.87. The van der Waals surface area contributed by atoms with E-state index >= 15 is 0 Å². The average Bonchev–Trinajstić information content (AvgIpc) is 2.63. The quantitative estimate of drug-likeness (QED) is 0.782. The number of thiophene rings is 1. The summed E-state index contributed by atoms with van der Waals surface area (Å²) in [7, 11) is 4.13. The fraction of sp³-hybridized carbons (Fsp3) is 0.583. The summed E-state index contributed by atoms with van der Waals surface area (Å²) in [5, 5.41) is 3.90. The molecule has 1 atom stereocenters. The minimum Gasteiger partial charge on any atom is -0.304 e. The molecule has 3 nitrogen and oxygen atoms in total. The van der Waals surface area contributed by atoms with Gasteiger partial charge < -0.3 is 4.90 Å². The number of halogens is 1. The molecule has 0 N–H and O–H groups in total. The summed E-state index contributed by atoms with van der Waals surface area (Å²) in [6, 6.07) is -0.0200. The Morgan fingerprint density at radius 3 is 2.82 bits per heavy atom. The van der Waals surface area contributed by atoms with E-state index in [1.165, 1.54) is 0 Å². The zero-order valence-corrected chi connectivity index (χ0v) is 12.6. The minimum absolute atomic E-state index is 0.0200. The third kappa shape index (κ3) is 2.96. The third-order valence-electron chi connectivity index (χ3n) is 3.25. The summed E-state index contributed by atoms with van der Waals surface area (Å²) in [6.07, 6.45) is 1.13. The fourth-order valence-electron chi connectivity index (χ4n) is 2.19. The van der Waals surface area contributed by atoms with E-state index in [0.717, 1.165) is 36.1 Å². The van der Waals surface area contributed by atoms with Gasteiger partial charge in [-0.3, -0.25) is 9.69 Å². The number of likely N-dealkylation sites (N-methyl/N-ethyl adjacent to an activating group) is 2. The van der Waals surface area contributed by atoms with E-state index in [2.05, 4.69) is 32.8 Å². The first-order valence-corrected chi connectivity index (χ1v) is 7.48. The van der Waals surface area contributed by atoms with Crippen molar-refractivity contribution >= 4 is 33.0 Å². The van der Waals surface area contributed by atoms with Gasteiger partial charge in [-0.25, -0.2) is 0 Å². The van der Waals surface area contributed by atoms with Gasteiger partial charge in [-0.15, -0.1) is 0 Å². The minimum atomic E-state index is -0.0200. The van der Waals surface area contributed by atoms with Gasteiger partial charge in [-0.1, -0.05) is 0 Å². The maximum atomic E-state index is 12.5. The van der Waals surface area contributed by atoms with Gasteiger partial charge in [-0.2, -0.15) is 11.3 Å². The molecule has 1 aliphatic rings. The van der Waals surface area contributed by atoms with Gasteiger partial charge in [-0.05, 0) is 49.5 Å². The molecule has 0 amide bonds. The van der Waals surface area contributed by atoms with Crippen molar-refractivity contribution in [3.63, 3.8) is 0 Å². The third-order valence-corrected chi connectivity index (χ3v) is 4.95. The van der Waals surface area contributed by atoms with Gasteiger partial charge in [0.15, 0.2) is 5.78 Å². The second-order valence-corrected chi connectivity index (χ2v) is 6.21. The van der Waals surface area contributed by atoms with Crippen molar-refractivity contribution in [3.05, 3.63) is 20.8 Å². The van der Waals surface area contributed by atoms with Crippen LogP contribution in [0.2, 0.25) is 0 Å². The van der Waals surface area contributed by atoms with Crippen molar-refractivity contribution in [2.24, 2.45) is 0 Å². The molecule has 0 bridgehead atoms. The van der Waals surface area contributed by atoms with Crippen molar-refractivity contribution in [1.29, 1.82) is 0 Å². The molecule has 0 aliphatic carbocycles. The molecule has 2 rings (SSSR count). The predicted octanol–water partition coefficient (Wildman–Crippen LogP) is 2.33. The summed E-state index contributed by atoms with van der Waals surface area (Å²) < 4.78 is 0.924. The zero-order chi connectivity index (χ0) is 12.4. The normalized spacial score (nSPS) is 23.6. The van der Waals surface area contributed by atoms with Crippen LogP contribution in [-0.2, 0) is 0 Å². The Balaban J connectivity index is 2.19. The smallest absolute Gasteiger partial charge is 0.183 e. The first-order chi connectivity index (χ1) is 8.09. The number of rotatable bonds is 2. The van der Waals surface area contributed by atoms with Crippen molar-refractivity contribution < 1.29 is 4.79 Å². The molecule has 2 heterocycles. The lowest BCUT2D eigenvalue weighted by atomic mass is 10.1. The summed E-state index contributed by atoms with van der Waals surface area (Å²) in [4.78, 5) is 16.9. The fourth-order valence-corrected chi connectivity index (χ4v) is 3.67. The van der Waals surface area contributed by atoms with Gasteiger partial charge in [0.1, 0.15) is 0 Å². The first-order valence-electron chi connectivity index (χ1n) is 5.74. The van der Waals surface area contributed by atoms with Crippen LogP contribution in [0.3, 0.4) is 0 Å². The summed E-state index contributed by atoms with van der Waals surface area (Å²) in [5.41, 5.74) is 0.821. The molecule has 0 aromatic carbocycles. The number of hydrogen-bond acceptors (Lipinski definition) is 4. The van der Waals surface area contributed by atoms with E-state index in [4.69, 9.17) is 0 Å². The number of nitrogens with zero attached hydrogens (tertiary/aromatic N) is 2. The first kappa shape index (κ1) is 13.2. The SMILES string of the molecule is CN1CCCN(C)C(C(=O)c2cscc2Br)C1. The van der Waals surface area contributed by atoms with Crippen LogP contribution in [0, 0.1) is 0 Å². The van der Waals surface area contributed by atoms with Crippen LogP contribution in [0.15, 0.2) is 15.2 Å². The Morgan fingerprint density at radius 1 is 1.41 bits per heavy atom. The van der Waals surface area contributed by atoms with Crippen molar-refractivity contribution in [2.75, 3.05) is 33.7 Å². The summed E-state index contributed by atoms with van der Waals surface area (Å²) >= 11 is 5.01. The molecule has 0 saturated carbocycles. The topological polar surface area (TPSA) is 23.6 Å². The lowest BCUT2D eigenvalue weighted by Gasteiger charge is -2.25. The molecule has 94 valence electrons. The number of Topliss-reactive ketones (excluding diaryl/α,β-unsaturated/α-hetero) is 1. The summed E-state index contributed by atoms with van der Waals surface area (Å²) in [5.74, 6) is 0.231. The Bertz CT molecular complexity index is 407. The molecule has 1 aromatic heterocycles. The largest absolute Gasteiger partial charge is 0.304 e. The predicted molar refractivity (Wildman–Crippen MR) is 74.9 cm³/mol. The van der Waals surface area contributed by atoms with Crippen LogP contribution in [0.4, 0.5) is 0 Å². The molecular formula is C12H17BrN2OS. The van der Waals surface area contributed by atoms with Gasteiger partial charge in [0, 0.05) is 27.3 Å². The van der Waals surface area contributed by atoms with Gasteiger partial charge in [0.05, 0.1) is 6.04 Å². The lowest BCUT2D eigenvalue weighted by Crippen LogP contribution is -2.43. The molecule has 17 heavy (non-hydrogen) atoms. The Morgan fingerprint density at radius 2 is 2.18 bits per heavy atom. The van der Waals surface area contributed by atoms with Crippen molar-refractivity contribution in [2.45, 2.75) is 12.5 Å². The molecule has 0 radical (unpaired) electrons. The lowest BCUT2D eigenvalue weighted by molar-refractivity contribution is 0.0839. The second kappa shape index (κ2) is 5.61. The van der Waals surface area contributed by atoms with Crippen LogP contribution >= 0.6 is 27.3 Å². The number of hydrogen-bond donors (Lipinski definition) is 0. The number of carbonyl (C=O) groups is 1. The van der Waals surface area contributed by atoms with Crippen LogP contribution in [0.5, 0.6) is 0 Å². The molecule has 5 heteroatoms. The molecule has 1 aromatic rings. The Hall–Kier alpha value is -0.230. The average molecular weight is 317 g/mol. The highest BCUT2D eigenvalue weighted by Gasteiger charge is 2.29. The van der Waals surface area contributed by atoms with E-state index in [9.17, 15) is 4.79 Å². The molecule has 1 saturated heterocycles. The highest BCUT2D eigenvalue weighted by molar-refractivity contribution is 9.10. The van der Waals surface area contributed by atoms with E-state index < -0.39 is 0 Å². The van der Waals surface area contributed by atoms with Crippen LogP contribution in [0.1, 0.15) is 16.8 Å². The molecule has 1 aliphatic heterocycles. The number of ketones is 1. The maximum Gasteiger partial charge on any atom is 0.183 e. The zero-order valence-electron chi connectivity index (χ0n) is 10.1. The standard InChI is InChI=1S/C12H17BrN2OS/c1-14-4-3-5-15(2)11(6-14)12(16)9-7-17-8-10(9)13/h7-8,11H,3-6H2,1-2H3. The van der Waals surface area contributed by atoms with Gasteiger partial charge in [0.25, 0.3) is 0 Å². The second-order valence-electron chi connectivity index (χ2n) is 4.61. The monoisotopic (exact) mass is 316 g/mol. The van der Waals surface area contributed by atoms with Crippen LogP contribution in [0.25, 0.3) is 0 Å². The van der Waals surface area contributed by atoms with E-state index in [1.54, 1.807) is 11.3 Å². The molecule has 1 unspecified atom stereocenters. The van der Waals surface area contributed by atoms with Gasteiger partial charge >= 0.3 is 0 Å². The Labute approximate surface area is 115 Å². The Kier molecular flexibility index (Phi) is 4.36. The van der Waals surface area contributed by atoms with Crippen molar-refractivity contribution in [3.8, 4) is 0 Å². The van der Waals surface area contributed by atoms with Crippen LogP contribution in [-0.4, -0.2) is 55.4 Å². The van der Waals surface area contributed by atoms with E-state index in [1.807, 2.05) is 17.8 Å². The van der Waals surface area contributed by atoms with E-state index in [-0.39, 0.29) is 11.8 Å². The molecule has 0 spiro atoms. The highest BCUT2D eigenvalue weighted by atomic mass is 79.9. The highest BCUT2D eigenvalue weighted by Crippen LogP contribution is 2.24. The van der Waals surface area contributed by atoms with Crippen molar-refractivity contribution in [1.82, 2.24) is 9.80 Å². The van der Waals surface area contributed by atoms with Crippen LogP contribution < -0.4 is 0 Å². The number of carbonyl (C=O) groups excluding carboxylic acids is 1. The van der Waals surface area contributed by atoms with Gasteiger partial charge in [0.2, 0.25) is 0 Å². The molecule has 1 fully saturated rings. The van der Waals surface area contributed by atoms with E-state index in [0.29, 0.717) is 0 Å².